The predicted molar refractivity (Wildman–Crippen MR) is 108 cm³/mol. The van der Waals surface area contributed by atoms with Crippen molar-refractivity contribution in [2.24, 2.45) is 4.99 Å². The second-order valence-electron chi connectivity index (χ2n) is 6.95. The highest BCUT2D eigenvalue weighted by atomic mass is 16.6. The first-order chi connectivity index (χ1) is 14.0. The Morgan fingerprint density at radius 2 is 1.72 bits per heavy atom. The van der Waals surface area contributed by atoms with Crippen molar-refractivity contribution >= 4 is 30.0 Å². The van der Waals surface area contributed by atoms with E-state index in [9.17, 15) is 9.59 Å². The number of rotatable bonds is 2. The summed E-state index contributed by atoms with van der Waals surface area (Å²) in [5.41, 5.74) is 2.76. The first-order valence-electron chi connectivity index (χ1n) is 9.07. The average molecular weight is 384 g/mol. The minimum absolute atomic E-state index is 0.188. The Balaban J connectivity index is 1.81. The van der Waals surface area contributed by atoms with Crippen LogP contribution in [0.15, 0.2) is 65.7 Å². The number of hydrogen-bond acceptors (Lipinski definition) is 5. The number of benzene rings is 3. The highest BCUT2D eigenvalue weighted by molar-refractivity contribution is 5.97. The van der Waals surface area contributed by atoms with Gasteiger partial charge in [-0.25, -0.2) is 4.79 Å². The molecule has 2 heterocycles. The molecule has 29 heavy (non-hydrogen) atoms. The SMILES string of the molecule is C=Nc1ccc2c(c1)Oc1cc(NC(C)=O)ccc1C21OC(=O)c2ccccc21. The van der Waals surface area contributed by atoms with Crippen molar-refractivity contribution in [2.75, 3.05) is 5.32 Å². The lowest BCUT2D eigenvalue weighted by Gasteiger charge is -2.36. The van der Waals surface area contributed by atoms with Gasteiger partial charge in [-0.2, -0.15) is 0 Å². The number of amides is 1. The molecule has 0 saturated carbocycles. The summed E-state index contributed by atoms with van der Waals surface area (Å²) in [5, 5.41) is 2.75. The largest absolute Gasteiger partial charge is 0.456 e. The van der Waals surface area contributed by atoms with Crippen molar-refractivity contribution in [2.45, 2.75) is 12.5 Å². The molecule has 1 unspecified atom stereocenters. The van der Waals surface area contributed by atoms with Gasteiger partial charge in [0.05, 0.1) is 11.3 Å². The molecule has 2 aliphatic rings. The van der Waals surface area contributed by atoms with Gasteiger partial charge in [0.15, 0.2) is 5.60 Å². The molecule has 3 aromatic rings. The Morgan fingerprint density at radius 3 is 2.48 bits per heavy atom. The number of aliphatic imine (C=N–C) groups is 1. The maximum atomic E-state index is 12.7. The summed E-state index contributed by atoms with van der Waals surface area (Å²) < 4.78 is 12.2. The van der Waals surface area contributed by atoms with E-state index in [1.54, 1.807) is 24.3 Å². The number of esters is 1. The van der Waals surface area contributed by atoms with E-state index in [1.165, 1.54) is 6.92 Å². The molecular formula is C23H16N2O4. The lowest BCUT2D eigenvalue weighted by Crippen LogP contribution is -2.33. The van der Waals surface area contributed by atoms with Crippen LogP contribution >= 0.6 is 0 Å². The number of anilines is 1. The zero-order valence-electron chi connectivity index (χ0n) is 15.6. The molecule has 6 heteroatoms. The van der Waals surface area contributed by atoms with Crippen LogP contribution in [-0.2, 0) is 15.1 Å². The second kappa shape index (κ2) is 6.04. The summed E-state index contributed by atoms with van der Waals surface area (Å²) in [5.74, 6) is 0.434. The lowest BCUT2D eigenvalue weighted by atomic mass is 9.77. The molecule has 1 N–H and O–H groups in total. The standard InChI is InChI=1S/C23H16N2O4/c1-13(26)25-15-8-10-19-21(12-15)28-20-11-14(24-2)7-9-18(20)23(19)17-6-4-3-5-16(17)22(27)29-23/h3-12H,2H2,1H3,(H,25,26). The smallest absolute Gasteiger partial charge is 0.340 e. The molecule has 0 fully saturated rings. The third-order valence-electron chi connectivity index (χ3n) is 5.20. The number of nitrogens with one attached hydrogen (secondary N) is 1. The fourth-order valence-electron chi connectivity index (χ4n) is 4.04. The van der Waals surface area contributed by atoms with Gasteiger partial charge >= 0.3 is 5.97 Å². The number of fused-ring (bicyclic) bond motifs is 6. The number of nitrogens with zero attached hydrogens (tertiary/aromatic N) is 1. The molecule has 1 amide bonds. The summed E-state index contributed by atoms with van der Waals surface area (Å²) >= 11 is 0. The zero-order valence-corrected chi connectivity index (χ0v) is 15.6. The van der Waals surface area contributed by atoms with Crippen molar-refractivity contribution in [3.8, 4) is 11.5 Å². The lowest BCUT2D eigenvalue weighted by molar-refractivity contribution is -0.114. The molecule has 3 aromatic carbocycles. The van der Waals surface area contributed by atoms with Crippen LogP contribution in [0.25, 0.3) is 0 Å². The summed E-state index contributed by atoms with van der Waals surface area (Å²) in [6.45, 7) is 5.01. The number of carbonyl (C=O) groups is 2. The van der Waals surface area contributed by atoms with Gasteiger partial charge in [-0.1, -0.05) is 18.2 Å². The molecule has 0 radical (unpaired) electrons. The fraction of sp³-hybridized carbons (Fsp3) is 0.0870. The Hall–Kier alpha value is -3.93. The van der Waals surface area contributed by atoms with E-state index in [0.29, 0.717) is 39.6 Å². The van der Waals surface area contributed by atoms with Crippen molar-refractivity contribution < 1.29 is 19.1 Å². The Morgan fingerprint density at radius 1 is 1.00 bits per heavy atom. The maximum absolute atomic E-state index is 12.7. The summed E-state index contributed by atoms with van der Waals surface area (Å²) in [6, 6.07) is 18.1. The topological polar surface area (TPSA) is 77.0 Å². The molecule has 142 valence electrons. The van der Waals surface area contributed by atoms with Crippen LogP contribution in [0.4, 0.5) is 11.4 Å². The van der Waals surface area contributed by atoms with Gasteiger partial charge in [0.1, 0.15) is 11.5 Å². The van der Waals surface area contributed by atoms with Crippen molar-refractivity contribution in [1.82, 2.24) is 0 Å². The number of carbonyl (C=O) groups excluding carboxylic acids is 2. The summed E-state index contributed by atoms with van der Waals surface area (Å²) in [4.78, 5) is 28.2. The van der Waals surface area contributed by atoms with Gasteiger partial charge in [-0.15, -0.1) is 0 Å². The first kappa shape index (κ1) is 17.2. The highest BCUT2D eigenvalue weighted by Crippen LogP contribution is 2.56. The van der Waals surface area contributed by atoms with Crippen LogP contribution in [0.2, 0.25) is 0 Å². The summed E-state index contributed by atoms with van der Waals surface area (Å²) in [7, 11) is 0. The van der Waals surface area contributed by atoms with E-state index in [2.05, 4.69) is 17.0 Å². The molecule has 1 spiro atoms. The van der Waals surface area contributed by atoms with Gasteiger partial charge in [-0.3, -0.25) is 9.79 Å². The molecule has 5 rings (SSSR count). The van der Waals surface area contributed by atoms with E-state index >= 15 is 0 Å². The van der Waals surface area contributed by atoms with E-state index in [-0.39, 0.29) is 5.91 Å². The van der Waals surface area contributed by atoms with Crippen LogP contribution in [0.1, 0.15) is 34.0 Å². The summed E-state index contributed by atoms with van der Waals surface area (Å²) in [6.07, 6.45) is 0. The van der Waals surface area contributed by atoms with E-state index in [4.69, 9.17) is 9.47 Å². The minimum atomic E-state index is -1.13. The Labute approximate surface area is 166 Å². The van der Waals surface area contributed by atoms with Crippen molar-refractivity contribution in [3.05, 3.63) is 82.9 Å². The van der Waals surface area contributed by atoms with Gasteiger partial charge in [-0.05, 0) is 37.0 Å². The zero-order chi connectivity index (χ0) is 20.2. The van der Waals surface area contributed by atoms with Gasteiger partial charge in [0.2, 0.25) is 5.91 Å². The van der Waals surface area contributed by atoms with Crippen LogP contribution in [0.5, 0.6) is 11.5 Å². The van der Waals surface area contributed by atoms with E-state index in [0.717, 1.165) is 5.56 Å². The predicted octanol–water partition coefficient (Wildman–Crippen LogP) is 4.55. The second-order valence-corrected chi connectivity index (χ2v) is 6.95. The number of ether oxygens (including phenoxy) is 2. The van der Waals surface area contributed by atoms with Crippen molar-refractivity contribution in [1.29, 1.82) is 0 Å². The third-order valence-corrected chi connectivity index (χ3v) is 5.20. The fourth-order valence-corrected chi connectivity index (χ4v) is 4.04. The van der Waals surface area contributed by atoms with Gasteiger partial charge in [0.25, 0.3) is 0 Å². The van der Waals surface area contributed by atoms with Crippen LogP contribution in [0.3, 0.4) is 0 Å². The molecule has 0 aliphatic carbocycles. The van der Waals surface area contributed by atoms with Gasteiger partial charge < -0.3 is 14.8 Å². The highest BCUT2D eigenvalue weighted by Gasteiger charge is 2.53. The van der Waals surface area contributed by atoms with Gasteiger partial charge in [0, 0.05) is 41.4 Å². The molecule has 0 bridgehead atoms. The first-order valence-corrected chi connectivity index (χ1v) is 9.07. The van der Waals surface area contributed by atoms with Crippen LogP contribution in [0, 0.1) is 0 Å². The van der Waals surface area contributed by atoms with Crippen molar-refractivity contribution in [3.63, 3.8) is 0 Å². The van der Waals surface area contributed by atoms with Crippen LogP contribution < -0.4 is 10.1 Å². The maximum Gasteiger partial charge on any atom is 0.340 e. The molecule has 2 aliphatic heterocycles. The van der Waals surface area contributed by atoms with E-state index in [1.807, 2.05) is 36.4 Å². The molecule has 0 aromatic heterocycles. The minimum Gasteiger partial charge on any atom is -0.456 e. The molecule has 0 saturated heterocycles. The van der Waals surface area contributed by atoms with Crippen LogP contribution in [-0.4, -0.2) is 18.6 Å². The average Bonchev–Trinajstić information content (AvgIpc) is 3.00. The number of hydrogen-bond donors (Lipinski definition) is 1. The normalized spacial score (nSPS) is 18.2. The van der Waals surface area contributed by atoms with E-state index < -0.39 is 11.6 Å². The molecular weight excluding hydrogens is 368 g/mol. The molecule has 1 atom stereocenters. The molecule has 6 nitrogen and oxygen atoms in total. The third kappa shape index (κ3) is 2.39. The quantitative estimate of drug-likeness (QED) is 0.520. The Bertz CT molecular complexity index is 1220. The Kier molecular flexibility index (Phi) is 3.58. The monoisotopic (exact) mass is 384 g/mol.